The van der Waals surface area contributed by atoms with Crippen molar-refractivity contribution in [1.29, 1.82) is 0 Å². The van der Waals surface area contributed by atoms with E-state index in [1.807, 2.05) is 0 Å². The molecule has 4 rings (SSSR count). The maximum Gasteiger partial charge on any atom is 0.297 e. The standard InChI is InChI=1S/C18H20F4N2O2.C5H10FNO2/c1-24-16-14(20)13(25-11-8-18(21,22)9-11)7-12(19)15(16)23-17(24)26-10-5-3-2-4-6-10;1-4(3-9-6)7-5(2)8/h7,10-11H,2-6,8-9H2,1H3;4H,3H2,1-2H3,(H,7,8). The van der Waals surface area contributed by atoms with Gasteiger partial charge in [0.15, 0.2) is 17.4 Å². The van der Waals surface area contributed by atoms with Gasteiger partial charge in [-0.3, -0.25) is 9.36 Å². The number of benzene rings is 1. The minimum Gasteiger partial charge on any atom is -0.487 e. The van der Waals surface area contributed by atoms with Gasteiger partial charge in [-0.1, -0.05) is 6.42 Å². The van der Waals surface area contributed by atoms with Crippen molar-refractivity contribution in [2.75, 3.05) is 6.61 Å². The first kappa shape index (κ1) is 27.0. The monoisotopic (exact) mass is 507 g/mol. The smallest absolute Gasteiger partial charge is 0.297 e. The molecule has 0 saturated heterocycles. The van der Waals surface area contributed by atoms with Gasteiger partial charge in [0.1, 0.15) is 29.8 Å². The number of amides is 1. The number of alkyl halides is 2. The van der Waals surface area contributed by atoms with Gasteiger partial charge in [0.2, 0.25) is 5.91 Å². The van der Waals surface area contributed by atoms with Crippen LogP contribution in [-0.2, 0) is 16.8 Å². The zero-order chi connectivity index (χ0) is 25.8. The van der Waals surface area contributed by atoms with Gasteiger partial charge in [-0.2, -0.15) is 9.93 Å². The van der Waals surface area contributed by atoms with E-state index in [-0.39, 0.29) is 47.5 Å². The zero-order valence-electron chi connectivity index (χ0n) is 19.9. The van der Waals surface area contributed by atoms with Crippen LogP contribution in [0.15, 0.2) is 6.07 Å². The first-order valence-electron chi connectivity index (χ1n) is 11.6. The third kappa shape index (κ3) is 6.96. The fourth-order valence-corrected chi connectivity index (χ4v) is 4.13. The summed E-state index contributed by atoms with van der Waals surface area (Å²) in [7, 11) is 1.54. The highest BCUT2D eigenvalue weighted by Crippen LogP contribution is 2.41. The summed E-state index contributed by atoms with van der Waals surface area (Å²) >= 11 is 0. The van der Waals surface area contributed by atoms with Crippen LogP contribution in [0.4, 0.5) is 22.1 Å². The summed E-state index contributed by atoms with van der Waals surface area (Å²) in [6.45, 7) is 2.93. The molecule has 0 spiro atoms. The van der Waals surface area contributed by atoms with Gasteiger partial charge in [0.05, 0.1) is 6.04 Å². The fraction of sp³-hybridized carbons (Fsp3) is 0.652. The summed E-state index contributed by atoms with van der Waals surface area (Å²) in [5.41, 5.74) is -0.237. The van der Waals surface area contributed by atoms with Crippen LogP contribution < -0.4 is 14.8 Å². The molecule has 1 unspecified atom stereocenters. The lowest BCUT2D eigenvalue weighted by molar-refractivity contribution is -0.141. The van der Waals surface area contributed by atoms with E-state index < -0.39 is 36.5 Å². The number of hydrogen-bond acceptors (Lipinski definition) is 5. The third-order valence-corrected chi connectivity index (χ3v) is 5.90. The van der Waals surface area contributed by atoms with Crippen LogP contribution in [0.5, 0.6) is 11.8 Å². The number of halogens is 5. The molecule has 7 nitrogen and oxygen atoms in total. The Hall–Kier alpha value is -2.63. The van der Waals surface area contributed by atoms with Gasteiger partial charge in [0.25, 0.3) is 11.9 Å². The van der Waals surface area contributed by atoms with Crippen molar-refractivity contribution in [1.82, 2.24) is 14.9 Å². The Morgan fingerprint density at radius 3 is 2.43 bits per heavy atom. The second kappa shape index (κ2) is 11.4. The van der Waals surface area contributed by atoms with E-state index in [1.54, 1.807) is 6.92 Å². The molecule has 2 aliphatic carbocycles. The molecule has 1 aromatic carbocycles. The number of carbonyl (C=O) groups excluding carboxylic acids is 1. The predicted molar refractivity (Wildman–Crippen MR) is 117 cm³/mol. The van der Waals surface area contributed by atoms with E-state index in [1.165, 1.54) is 18.5 Å². The van der Waals surface area contributed by atoms with Crippen molar-refractivity contribution >= 4 is 16.9 Å². The van der Waals surface area contributed by atoms with Gasteiger partial charge in [-0.25, -0.2) is 17.6 Å². The molecule has 196 valence electrons. The van der Waals surface area contributed by atoms with Crippen molar-refractivity contribution < 1.29 is 41.3 Å². The SMILES string of the molecule is CC(=O)NC(C)COF.Cn1c(OC2CCCCC2)nc2c(F)cc(OC3CC(F)(F)C3)c(F)c21. The highest BCUT2D eigenvalue weighted by atomic mass is 19.3. The number of nitrogens with zero attached hydrogens (tertiary/aromatic N) is 2. The summed E-state index contributed by atoms with van der Waals surface area (Å²) in [5.74, 6) is -4.93. The van der Waals surface area contributed by atoms with Crippen LogP contribution in [0.2, 0.25) is 0 Å². The third-order valence-electron chi connectivity index (χ3n) is 5.90. The lowest BCUT2D eigenvalue weighted by Crippen LogP contribution is -2.43. The number of imidazole rings is 1. The molecule has 35 heavy (non-hydrogen) atoms. The van der Waals surface area contributed by atoms with Crippen LogP contribution in [0.25, 0.3) is 11.0 Å². The van der Waals surface area contributed by atoms with Crippen molar-refractivity contribution in [3.63, 3.8) is 0 Å². The van der Waals surface area contributed by atoms with Gasteiger partial charge in [0, 0.05) is 32.9 Å². The molecule has 2 aromatic rings. The number of fused-ring (bicyclic) bond motifs is 1. The van der Waals surface area contributed by atoms with Crippen LogP contribution >= 0.6 is 0 Å². The lowest BCUT2D eigenvalue weighted by atomic mass is 9.91. The Labute approximate surface area is 199 Å². The van der Waals surface area contributed by atoms with Crippen molar-refractivity contribution in [2.45, 2.75) is 83.0 Å². The first-order valence-corrected chi connectivity index (χ1v) is 11.6. The number of aryl methyl sites for hydroxylation is 1. The van der Waals surface area contributed by atoms with Crippen LogP contribution in [0.3, 0.4) is 0 Å². The Bertz CT molecular complexity index is 1020. The van der Waals surface area contributed by atoms with E-state index >= 15 is 0 Å². The molecule has 2 aliphatic rings. The number of rotatable bonds is 7. The van der Waals surface area contributed by atoms with Gasteiger partial charge in [-0.15, -0.1) is 0 Å². The van der Waals surface area contributed by atoms with E-state index in [9.17, 15) is 26.9 Å². The summed E-state index contributed by atoms with van der Waals surface area (Å²) < 4.78 is 78.6. The van der Waals surface area contributed by atoms with E-state index in [0.29, 0.717) is 0 Å². The van der Waals surface area contributed by atoms with Gasteiger partial charge in [-0.05, 0) is 37.1 Å². The fourth-order valence-electron chi connectivity index (χ4n) is 4.13. The van der Waals surface area contributed by atoms with Gasteiger partial charge < -0.3 is 14.8 Å². The molecule has 1 amide bonds. The molecule has 1 atom stereocenters. The summed E-state index contributed by atoms with van der Waals surface area (Å²) in [4.78, 5) is 17.6. The Balaban J connectivity index is 0.000000327. The molecule has 1 N–H and O–H groups in total. The average molecular weight is 508 g/mol. The van der Waals surface area contributed by atoms with Crippen molar-refractivity contribution in [3.05, 3.63) is 17.7 Å². The maximum absolute atomic E-state index is 14.8. The molecule has 1 heterocycles. The van der Waals surface area contributed by atoms with E-state index in [0.717, 1.165) is 38.2 Å². The molecular weight excluding hydrogens is 477 g/mol. The first-order chi connectivity index (χ1) is 16.5. The van der Waals surface area contributed by atoms with Crippen LogP contribution in [-0.4, -0.2) is 46.2 Å². The largest absolute Gasteiger partial charge is 0.487 e. The van der Waals surface area contributed by atoms with E-state index in [4.69, 9.17) is 9.47 Å². The van der Waals surface area contributed by atoms with Crippen molar-refractivity contribution in [3.8, 4) is 11.8 Å². The van der Waals surface area contributed by atoms with Crippen molar-refractivity contribution in [2.24, 2.45) is 7.05 Å². The molecule has 0 radical (unpaired) electrons. The Kier molecular flexibility index (Phi) is 8.79. The normalized spacial score (nSPS) is 18.9. The Morgan fingerprint density at radius 1 is 1.20 bits per heavy atom. The second-order valence-electron chi connectivity index (χ2n) is 9.08. The summed E-state index contributed by atoms with van der Waals surface area (Å²) in [5, 5.41) is 2.44. The minimum atomic E-state index is -2.79. The molecule has 12 heteroatoms. The molecule has 2 saturated carbocycles. The number of hydrogen-bond donors (Lipinski definition) is 1. The van der Waals surface area contributed by atoms with Gasteiger partial charge >= 0.3 is 0 Å². The highest BCUT2D eigenvalue weighted by molar-refractivity contribution is 5.80. The number of ether oxygens (including phenoxy) is 2. The quantitative estimate of drug-likeness (QED) is 0.525. The molecule has 1 aromatic heterocycles. The summed E-state index contributed by atoms with van der Waals surface area (Å²) in [6, 6.07) is 0.760. The Morgan fingerprint density at radius 2 is 1.86 bits per heavy atom. The molecule has 0 bridgehead atoms. The number of nitrogens with one attached hydrogen (secondary N) is 1. The predicted octanol–water partition coefficient (Wildman–Crippen LogP) is 5.15. The highest BCUT2D eigenvalue weighted by Gasteiger charge is 2.47. The minimum absolute atomic E-state index is 0.0155. The molecular formula is C23H30F5N3O4. The van der Waals surface area contributed by atoms with Crippen LogP contribution in [0.1, 0.15) is 58.8 Å². The molecule has 2 fully saturated rings. The molecule has 0 aliphatic heterocycles. The zero-order valence-corrected chi connectivity index (χ0v) is 19.9. The number of carbonyl (C=O) groups is 1. The lowest BCUT2D eigenvalue weighted by Gasteiger charge is -2.34. The van der Waals surface area contributed by atoms with E-state index in [2.05, 4.69) is 15.2 Å². The van der Waals surface area contributed by atoms with Crippen LogP contribution in [0, 0.1) is 11.6 Å². The topological polar surface area (TPSA) is 74.6 Å². The second-order valence-corrected chi connectivity index (χ2v) is 9.08. The summed E-state index contributed by atoms with van der Waals surface area (Å²) in [6.07, 6.45) is 3.23. The number of aromatic nitrogens is 2. The average Bonchev–Trinajstić information content (AvgIpc) is 3.08. The maximum atomic E-state index is 14.8.